The molecular weight excluding hydrogens is 164 g/mol. The number of unbranched alkanes of at least 4 members (excludes halogenated alkanes) is 3. The van der Waals surface area contributed by atoms with E-state index in [9.17, 15) is 5.11 Å². The Hall–Kier alpha value is -0.0800. The lowest BCUT2D eigenvalue weighted by Gasteiger charge is -2.42. The number of rotatable bonds is 6. The molecule has 1 heterocycles. The topological polar surface area (TPSA) is 29.5 Å². The standard InChI is InChI=1S/C11H22O2/c1-3-4-5-6-7-10(12)11(2)8-9-13-11/h10,12H,3-9H2,1-2H3. The SMILES string of the molecule is CCCCCCC(O)C1(C)CCO1. The Kier molecular flexibility index (Phi) is 4.20. The van der Waals surface area contributed by atoms with Gasteiger partial charge in [-0.05, 0) is 13.3 Å². The van der Waals surface area contributed by atoms with E-state index in [1.807, 2.05) is 6.92 Å². The molecule has 0 aromatic heterocycles. The molecule has 78 valence electrons. The Morgan fingerprint density at radius 2 is 2.08 bits per heavy atom. The molecule has 0 saturated carbocycles. The molecule has 2 atom stereocenters. The quantitative estimate of drug-likeness (QED) is 0.646. The Labute approximate surface area is 81.3 Å². The predicted octanol–water partition coefficient (Wildman–Crippen LogP) is 2.50. The minimum absolute atomic E-state index is 0.216. The van der Waals surface area contributed by atoms with Gasteiger partial charge in [-0.1, -0.05) is 32.6 Å². The van der Waals surface area contributed by atoms with Gasteiger partial charge in [0, 0.05) is 6.42 Å². The van der Waals surface area contributed by atoms with Crippen LogP contribution < -0.4 is 0 Å². The first-order valence-corrected chi connectivity index (χ1v) is 5.51. The minimum atomic E-state index is -0.252. The second-order valence-corrected chi connectivity index (χ2v) is 4.28. The smallest absolute Gasteiger partial charge is 0.0934 e. The first kappa shape index (κ1) is 11.0. The van der Waals surface area contributed by atoms with Crippen molar-refractivity contribution in [2.24, 2.45) is 0 Å². The van der Waals surface area contributed by atoms with Gasteiger partial charge in [-0.15, -0.1) is 0 Å². The van der Waals surface area contributed by atoms with E-state index in [2.05, 4.69) is 6.92 Å². The zero-order chi connectivity index (χ0) is 9.73. The van der Waals surface area contributed by atoms with Gasteiger partial charge in [0.1, 0.15) is 0 Å². The Morgan fingerprint density at radius 1 is 1.38 bits per heavy atom. The highest BCUT2D eigenvalue weighted by Gasteiger charge is 2.39. The molecule has 0 amide bonds. The molecule has 1 N–H and O–H groups in total. The molecule has 1 aliphatic rings. The van der Waals surface area contributed by atoms with Gasteiger partial charge in [-0.2, -0.15) is 0 Å². The molecule has 0 radical (unpaired) electrons. The first-order valence-electron chi connectivity index (χ1n) is 5.51. The molecule has 2 nitrogen and oxygen atoms in total. The van der Waals surface area contributed by atoms with Gasteiger partial charge in [-0.25, -0.2) is 0 Å². The van der Waals surface area contributed by atoms with Crippen molar-refractivity contribution >= 4 is 0 Å². The van der Waals surface area contributed by atoms with Crippen LogP contribution in [0, 0.1) is 0 Å². The Balaban J connectivity index is 2.06. The molecule has 0 aromatic rings. The van der Waals surface area contributed by atoms with Crippen LogP contribution >= 0.6 is 0 Å². The number of aliphatic hydroxyl groups is 1. The van der Waals surface area contributed by atoms with Crippen LogP contribution in [0.5, 0.6) is 0 Å². The molecule has 1 fully saturated rings. The third-order valence-electron chi connectivity index (χ3n) is 3.07. The van der Waals surface area contributed by atoms with E-state index in [0.29, 0.717) is 0 Å². The summed E-state index contributed by atoms with van der Waals surface area (Å²) in [5, 5.41) is 9.80. The largest absolute Gasteiger partial charge is 0.390 e. The average molecular weight is 186 g/mol. The fourth-order valence-corrected chi connectivity index (χ4v) is 1.76. The highest BCUT2D eigenvalue weighted by molar-refractivity contribution is 4.89. The first-order chi connectivity index (χ1) is 6.19. The summed E-state index contributed by atoms with van der Waals surface area (Å²) in [7, 11) is 0. The molecule has 0 aromatic carbocycles. The summed E-state index contributed by atoms with van der Waals surface area (Å²) in [6.45, 7) is 5.04. The van der Waals surface area contributed by atoms with Crippen molar-refractivity contribution in [1.82, 2.24) is 0 Å². The fraction of sp³-hybridized carbons (Fsp3) is 1.00. The minimum Gasteiger partial charge on any atom is -0.390 e. The maximum atomic E-state index is 9.80. The molecule has 0 aliphatic carbocycles. The lowest BCUT2D eigenvalue weighted by molar-refractivity contribution is -0.194. The third kappa shape index (κ3) is 2.96. The van der Waals surface area contributed by atoms with E-state index in [0.717, 1.165) is 25.9 Å². The van der Waals surface area contributed by atoms with Crippen molar-refractivity contribution in [3.8, 4) is 0 Å². The van der Waals surface area contributed by atoms with Crippen LogP contribution in [-0.2, 0) is 4.74 Å². The van der Waals surface area contributed by atoms with Crippen molar-refractivity contribution in [1.29, 1.82) is 0 Å². The predicted molar refractivity (Wildman–Crippen MR) is 53.7 cm³/mol. The van der Waals surface area contributed by atoms with E-state index in [1.54, 1.807) is 0 Å². The molecule has 1 saturated heterocycles. The third-order valence-corrected chi connectivity index (χ3v) is 3.07. The van der Waals surface area contributed by atoms with E-state index in [-0.39, 0.29) is 11.7 Å². The number of aliphatic hydroxyl groups excluding tert-OH is 1. The van der Waals surface area contributed by atoms with Crippen LogP contribution in [0.4, 0.5) is 0 Å². The van der Waals surface area contributed by atoms with Crippen LogP contribution in [0.2, 0.25) is 0 Å². The molecule has 1 rings (SSSR count). The van der Waals surface area contributed by atoms with Gasteiger partial charge >= 0.3 is 0 Å². The number of hydrogen-bond donors (Lipinski definition) is 1. The number of ether oxygens (including phenoxy) is 1. The van der Waals surface area contributed by atoms with Crippen LogP contribution in [-0.4, -0.2) is 23.4 Å². The summed E-state index contributed by atoms with van der Waals surface area (Å²) < 4.78 is 5.39. The van der Waals surface area contributed by atoms with Crippen molar-refractivity contribution in [3.05, 3.63) is 0 Å². The monoisotopic (exact) mass is 186 g/mol. The van der Waals surface area contributed by atoms with Gasteiger partial charge in [0.25, 0.3) is 0 Å². The van der Waals surface area contributed by atoms with E-state index < -0.39 is 0 Å². The van der Waals surface area contributed by atoms with Crippen molar-refractivity contribution < 1.29 is 9.84 Å². The van der Waals surface area contributed by atoms with Crippen molar-refractivity contribution in [2.45, 2.75) is 64.1 Å². The van der Waals surface area contributed by atoms with Crippen molar-refractivity contribution in [3.63, 3.8) is 0 Å². The normalized spacial score (nSPS) is 29.8. The van der Waals surface area contributed by atoms with Gasteiger partial charge in [-0.3, -0.25) is 0 Å². The maximum absolute atomic E-state index is 9.80. The van der Waals surface area contributed by atoms with E-state index in [1.165, 1.54) is 19.3 Å². The summed E-state index contributed by atoms with van der Waals surface area (Å²) in [5.41, 5.74) is -0.216. The average Bonchev–Trinajstić information content (AvgIpc) is 2.08. The summed E-state index contributed by atoms with van der Waals surface area (Å²) in [4.78, 5) is 0. The van der Waals surface area contributed by atoms with Crippen LogP contribution in [0.25, 0.3) is 0 Å². The fourth-order valence-electron chi connectivity index (χ4n) is 1.76. The molecule has 0 spiro atoms. The summed E-state index contributed by atoms with van der Waals surface area (Å²) >= 11 is 0. The lowest BCUT2D eigenvalue weighted by Crippen LogP contribution is -2.50. The Bertz CT molecular complexity index is 141. The van der Waals surface area contributed by atoms with E-state index >= 15 is 0 Å². The van der Waals surface area contributed by atoms with Crippen LogP contribution in [0.3, 0.4) is 0 Å². The van der Waals surface area contributed by atoms with Crippen LogP contribution in [0.15, 0.2) is 0 Å². The Morgan fingerprint density at radius 3 is 2.54 bits per heavy atom. The molecule has 0 bridgehead atoms. The molecule has 13 heavy (non-hydrogen) atoms. The van der Waals surface area contributed by atoms with Gasteiger partial charge in [0.05, 0.1) is 18.3 Å². The molecule has 2 unspecified atom stereocenters. The van der Waals surface area contributed by atoms with Crippen LogP contribution in [0.1, 0.15) is 52.4 Å². The summed E-state index contributed by atoms with van der Waals surface area (Å²) in [5.74, 6) is 0. The lowest BCUT2D eigenvalue weighted by atomic mass is 9.87. The van der Waals surface area contributed by atoms with Gasteiger partial charge < -0.3 is 9.84 Å². The zero-order valence-electron chi connectivity index (χ0n) is 8.88. The van der Waals surface area contributed by atoms with Crippen molar-refractivity contribution in [2.75, 3.05) is 6.61 Å². The number of hydrogen-bond acceptors (Lipinski definition) is 2. The highest BCUT2D eigenvalue weighted by Crippen LogP contribution is 2.31. The maximum Gasteiger partial charge on any atom is 0.0934 e. The molecular formula is C11H22O2. The summed E-state index contributed by atoms with van der Waals surface area (Å²) in [6, 6.07) is 0. The van der Waals surface area contributed by atoms with Gasteiger partial charge in [0.15, 0.2) is 0 Å². The second-order valence-electron chi connectivity index (χ2n) is 4.28. The highest BCUT2D eigenvalue weighted by atomic mass is 16.5. The van der Waals surface area contributed by atoms with E-state index in [4.69, 9.17) is 4.74 Å². The summed E-state index contributed by atoms with van der Waals surface area (Å²) in [6.07, 6.45) is 6.57. The molecule has 1 aliphatic heterocycles. The molecule has 2 heteroatoms. The van der Waals surface area contributed by atoms with Gasteiger partial charge in [0.2, 0.25) is 0 Å². The second kappa shape index (κ2) is 4.97. The zero-order valence-corrected chi connectivity index (χ0v) is 8.88.